The summed E-state index contributed by atoms with van der Waals surface area (Å²) in [4.78, 5) is 13.2. The van der Waals surface area contributed by atoms with Gasteiger partial charge in [-0.2, -0.15) is 9.90 Å². The zero-order valence-electron chi connectivity index (χ0n) is 10.3. The molecule has 2 rings (SSSR count). The van der Waals surface area contributed by atoms with E-state index in [4.69, 9.17) is 4.74 Å². The van der Waals surface area contributed by atoms with Crippen molar-refractivity contribution in [3.05, 3.63) is 36.2 Å². The van der Waals surface area contributed by atoms with Crippen LogP contribution in [0, 0.1) is 0 Å². The van der Waals surface area contributed by atoms with Gasteiger partial charge in [0, 0.05) is 7.05 Å². The molecule has 2 aromatic rings. The number of anilines is 1. The number of ether oxygens (including phenoxy) is 1. The lowest BCUT2D eigenvalue weighted by Gasteiger charge is -2.09. The van der Waals surface area contributed by atoms with Gasteiger partial charge in [0.15, 0.2) is 5.69 Å². The molecule has 1 aromatic heterocycles. The first-order valence-electron chi connectivity index (χ1n) is 5.60. The van der Waals surface area contributed by atoms with Gasteiger partial charge in [0.2, 0.25) is 0 Å². The van der Waals surface area contributed by atoms with Gasteiger partial charge in [-0.15, -0.1) is 5.10 Å². The van der Waals surface area contributed by atoms with Crippen LogP contribution in [0.3, 0.4) is 0 Å². The summed E-state index contributed by atoms with van der Waals surface area (Å²) in [6, 6.07) is 7.26. The van der Waals surface area contributed by atoms with Crippen LogP contribution in [0.4, 0.5) is 5.69 Å². The van der Waals surface area contributed by atoms with Crippen molar-refractivity contribution in [2.75, 3.05) is 11.9 Å². The van der Waals surface area contributed by atoms with Crippen molar-refractivity contribution in [2.45, 2.75) is 6.92 Å². The molecule has 0 radical (unpaired) electrons. The summed E-state index contributed by atoms with van der Waals surface area (Å²) in [5, 5.41) is 10.5. The molecule has 0 aliphatic carbocycles. The van der Waals surface area contributed by atoms with E-state index in [0.29, 0.717) is 18.0 Å². The largest absolute Gasteiger partial charge is 0.492 e. The molecule has 0 saturated heterocycles. The number of rotatable bonds is 4. The number of hydrogen-bond acceptors (Lipinski definition) is 4. The Hall–Kier alpha value is -2.37. The summed E-state index contributed by atoms with van der Waals surface area (Å²) >= 11 is 0. The highest BCUT2D eigenvalue weighted by Crippen LogP contribution is 2.23. The van der Waals surface area contributed by atoms with Crippen LogP contribution in [0.25, 0.3) is 0 Å². The SMILES string of the molecule is CCOc1ccccc1NC(=O)c1cnn(C)n1. The Morgan fingerprint density at radius 3 is 2.89 bits per heavy atom. The molecule has 1 aromatic carbocycles. The summed E-state index contributed by atoms with van der Waals surface area (Å²) in [6.07, 6.45) is 1.42. The molecule has 0 aliphatic rings. The molecule has 94 valence electrons. The Balaban J connectivity index is 2.16. The third-order valence-corrected chi connectivity index (χ3v) is 2.27. The second kappa shape index (κ2) is 5.31. The van der Waals surface area contributed by atoms with E-state index in [1.54, 1.807) is 19.2 Å². The lowest BCUT2D eigenvalue weighted by Crippen LogP contribution is -2.14. The molecular formula is C12H14N4O2. The summed E-state index contributed by atoms with van der Waals surface area (Å²) in [6.45, 7) is 2.43. The number of hydrogen-bond donors (Lipinski definition) is 1. The van der Waals surface area contributed by atoms with Crippen LogP contribution in [0.15, 0.2) is 30.5 Å². The van der Waals surface area contributed by atoms with E-state index in [0.717, 1.165) is 0 Å². The predicted molar refractivity (Wildman–Crippen MR) is 66.6 cm³/mol. The summed E-state index contributed by atoms with van der Waals surface area (Å²) in [7, 11) is 1.66. The van der Waals surface area contributed by atoms with Crippen LogP contribution in [0.2, 0.25) is 0 Å². The Kier molecular flexibility index (Phi) is 3.57. The number of nitrogens with zero attached hydrogens (tertiary/aromatic N) is 3. The van der Waals surface area contributed by atoms with E-state index in [1.165, 1.54) is 11.0 Å². The number of nitrogens with one attached hydrogen (secondary N) is 1. The maximum Gasteiger partial charge on any atom is 0.277 e. The zero-order chi connectivity index (χ0) is 13.0. The van der Waals surface area contributed by atoms with Crippen molar-refractivity contribution in [1.29, 1.82) is 0 Å². The monoisotopic (exact) mass is 246 g/mol. The molecule has 0 atom stereocenters. The number of amides is 1. The van der Waals surface area contributed by atoms with Crippen LogP contribution in [0.1, 0.15) is 17.4 Å². The Bertz CT molecular complexity index is 551. The minimum Gasteiger partial charge on any atom is -0.492 e. The first-order chi connectivity index (χ1) is 8.70. The van der Waals surface area contributed by atoms with Crippen LogP contribution in [-0.2, 0) is 7.05 Å². The third kappa shape index (κ3) is 2.65. The molecule has 1 N–H and O–H groups in total. The first-order valence-corrected chi connectivity index (χ1v) is 5.60. The van der Waals surface area contributed by atoms with E-state index in [-0.39, 0.29) is 11.6 Å². The number of para-hydroxylation sites is 2. The van der Waals surface area contributed by atoms with E-state index in [1.807, 2.05) is 19.1 Å². The summed E-state index contributed by atoms with van der Waals surface area (Å²) in [5.74, 6) is 0.326. The maximum absolute atomic E-state index is 11.9. The second-order valence-electron chi connectivity index (χ2n) is 3.60. The normalized spacial score (nSPS) is 10.1. The van der Waals surface area contributed by atoms with Gasteiger partial charge in [-0.25, -0.2) is 0 Å². The summed E-state index contributed by atoms with van der Waals surface area (Å²) < 4.78 is 5.42. The topological polar surface area (TPSA) is 69.0 Å². The summed E-state index contributed by atoms with van der Waals surface area (Å²) in [5.41, 5.74) is 0.888. The van der Waals surface area contributed by atoms with Gasteiger partial charge in [-0.3, -0.25) is 4.79 Å². The Morgan fingerprint density at radius 1 is 1.44 bits per heavy atom. The Morgan fingerprint density at radius 2 is 2.22 bits per heavy atom. The minimum absolute atomic E-state index is 0.267. The van der Waals surface area contributed by atoms with Crippen LogP contribution in [-0.4, -0.2) is 27.5 Å². The first kappa shape index (κ1) is 12.1. The van der Waals surface area contributed by atoms with Crippen LogP contribution in [0.5, 0.6) is 5.75 Å². The van der Waals surface area contributed by atoms with Gasteiger partial charge in [-0.05, 0) is 19.1 Å². The Labute approximate surface area is 105 Å². The average Bonchev–Trinajstić information content (AvgIpc) is 2.79. The molecular weight excluding hydrogens is 232 g/mol. The van der Waals surface area contributed by atoms with Gasteiger partial charge in [0.25, 0.3) is 5.91 Å². The van der Waals surface area contributed by atoms with Gasteiger partial charge in [0.1, 0.15) is 5.75 Å². The molecule has 0 fully saturated rings. The van der Waals surface area contributed by atoms with Crippen molar-refractivity contribution < 1.29 is 9.53 Å². The van der Waals surface area contributed by atoms with Crippen molar-refractivity contribution in [2.24, 2.45) is 7.05 Å². The molecule has 0 bridgehead atoms. The quantitative estimate of drug-likeness (QED) is 0.886. The molecule has 6 nitrogen and oxygen atoms in total. The fourth-order valence-corrected chi connectivity index (χ4v) is 1.49. The molecule has 0 unspecified atom stereocenters. The fraction of sp³-hybridized carbons (Fsp3) is 0.250. The highest BCUT2D eigenvalue weighted by Gasteiger charge is 2.12. The molecule has 18 heavy (non-hydrogen) atoms. The molecule has 0 spiro atoms. The van der Waals surface area contributed by atoms with Crippen molar-refractivity contribution in [3.63, 3.8) is 0 Å². The molecule has 0 saturated carbocycles. The van der Waals surface area contributed by atoms with E-state index < -0.39 is 0 Å². The van der Waals surface area contributed by atoms with Crippen LogP contribution >= 0.6 is 0 Å². The molecule has 1 amide bonds. The van der Waals surface area contributed by atoms with Crippen LogP contribution < -0.4 is 10.1 Å². The number of aromatic nitrogens is 3. The minimum atomic E-state index is -0.310. The second-order valence-corrected chi connectivity index (χ2v) is 3.60. The van der Waals surface area contributed by atoms with Crippen molar-refractivity contribution >= 4 is 11.6 Å². The van der Waals surface area contributed by atoms with E-state index in [9.17, 15) is 4.79 Å². The number of aryl methyl sites for hydroxylation is 1. The van der Waals surface area contributed by atoms with E-state index >= 15 is 0 Å². The average molecular weight is 246 g/mol. The number of carbonyl (C=O) groups excluding carboxylic acids is 1. The van der Waals surface area contributed by atoms with E-state index in [2.05, 4.69) is 15.5 Å². The van der Waals surface area contributed by atoms with Gasteiger partial charge >= 0.3 is 0 Å². The zero-order valence-corrected chi connectivity index (χ0v) is 10.3. The van der Waals surface area contributed by atoms with Gasteiger partial charge in [-0.1, -0.05) is 12.1 Å². The molecule has 1 heterocycles. The highest BCUT2D eigenvalue weighted by molar-refractivity contribution is 6.03. The molecule has 6 heteroatoms. The predicted octanol–water partition coefficient (Wildman–Crippen LogP) is 1.47. The number of benzene rings is 1. The maximum atomic E-state index is 11.9. The molecule has 0 aliphatic heterocycles. The number of carbonyl (C=O) groups is 1. The van der Waals surface area contributed by atoms with Crippen molar-refractivity contribution in [1.82, 2.24) is 15.0 Å². The highest BCUT2D eigenvalue weighted by atomic mass is 16.5. The van der Waals surface area contributed by atoms with Gasteiger partial charge < -0.3 is 10.1 Å². The lowest BCUT2D eigenvalue weighted by atomic mass is 10.3. The van der Waals surface area contributed by atoms with Crippen molar-refractivity contribution in [3.8, 4) is 5.75 Å². The lowest BCUT2D eigenvalue weighted by molar-refractivity contribution is 0.102. The standard InChI is InChI=1S/C12H14N4O2/c1-3-18-11-7-5-4-6-9(11)14-12(17)10-8-13-16(2)15-10/h4-8H,3H2,1-2H3,(H,14,17). The van der Waals surface area contributed by atoms with Gasteiger partial charge in [0.05, 0.1) is 18.5 Å². The smallest absolute Gasteiger partial charge is 0.277 e. The fourth-order valence-electron chi connectivity index (χ4n) is 1.49. The third-order valence-electron chi connectivity index (χ3n) is 2.27.